The molecule has 0 atom stereocenters. The molecule has 3 rings (SSSR count). The van der Waals surface area contributed by atoms with Crippen LogP contribution in [0.3, 0.4) is 0 Å². The Balaban J connectivity index is 1.56. The van der Waals surface area contributed by atoms with E-state index in [1.54, 1.807) is 25.2 Å². The van der Waals surface area contributed by atoms with Crippen molar-refractivity contribution in [2.45, 2.75) is 13.3 Å². The van der Waals surface area contributed by atoms with E-state index < -0.39 is 0 Å². The fourth-order valence-corrected chi connectivity index (χ4v) is 3.94. The molecule has 0 radical (unpaired) electrons. The Morgan fingerprint density at radius 3 is 2.62 bits per heavy atom. The van der Waals surface area contributed by atoms with E-state index in [0.717, 1.165) is 16.3 Å². The Morgan fingerprint density at radius 2 is 1.94 bits per heavy atom. The topological polar surface area (TPSA) is 80.8 Å². The molecule has 2 amide bonds. The molecule has 32 heavy (non-hydrogen) atoms. The average Bonchev–Trinajstić information content (AvgIpc) is 3.23. The number of carbonyl (C=O) groups is 2. The largest absolute Gasteiger partial charge is 0.495 e. The highest BCUT2D eigenvalue weighted by molar-refractivity contribution is 7.13. The summed E-state index contributed by atoms with van der Waals surface area (Å²) < 4.78 is 10.7. The monoisotopic (exact) mass is 473 g/mol. The van der Waals surface area contributed by atoms with Gasteiger partial charge in [-0.25, -0.2) is 4.98 Å². The number of hydrogen-bond acceptors (Lipinski definition) is 6. The average molecular weight is 474 g/mol. The van der Waals surface area contributed by atoms with Crippen molar-refractivity contribution < 1.29 is 19.1 Å². The number of likely N-dealkylation sites (N-methyl/N-ethyl adjacent to an activating group) is 1. The van der Waals surface area contributed by atoms with E-state index in [-0.39, 0.29) is 24.8 Å². The number of carbonyl (C=O) groups excluding carboxylic acids is 2. The van der Waals surface area contributed by atoms with Crippen molar-refractivity contribution >= 4 is 40.4 Å². The molecule has 0 unspecified atom stereocenters. The number of thiazole rings is 1. The smallest absolute Gasteiger partial charge is 0.244 e. The molecule has 0 saturated heterocycles. The lowest BCUT2D eigenvalue weighted by Crippen LogP contribution is -2.35. The summed E-state index contributed by atoms with van der Waals surface area (Å²) in [7, 11) is 3.08. The second kappa shape index (κ2) is 11.0. The molecule has 3 aromatic rings. The minimum absolute atomic E-state index is 0.107. The van der Waals surface area contributed by atoms with Crippen LogP contribution in [0, 0.1) is 0 Å². The van der Waals surface area contributed by atoms with Gasteiger partial charge in [-0.1, -0.05) is 11.6 Å². The summed E-state index contributed by atoms with van der Waals surface area (Å²) in [6.45, 7) is 2.44. The highest BCUT2D eigenvalue weighted by Gasteiger charge is 2.17. The van der Waals surface area contributed by atoms with Gasteiger partial charge >= 0.3 is 0 Å². The quantitative estimate of drug-likeness (QED) is 0.494. The van der Waals surface area contributed by atoms with Gasteiger partial charge in [-0.15, -0.1) is 11.3 Å². The minimum atomic E-state index is -0.352. The first-order chi connectivity index (χ1) is 15.4. The van der Waals surface area contributed by atoms with E-state index >= 15 is 0 Å². The number of amides is 2. The summed E-state index contributed by atoms with van der Waals surface area (Å²) in [4.78, 5) is 30.9. The molecule has 1 N–H and O–H groups in total. The van der Waals surface area contributed by atoms with Crippen molar-refractivity contribution in [1.82, 2.24) is 9.88 Å². The van der Waals surface area contributed by atoms with Crippen LogP contribution in [0.25, 0.3) is 10.6 Å². The van der Waals surface area contributed by atoms with Crippen LogP contribution in [0.15, 0.2) is 47.8 Å². The number of ether oxygens (including phenoxy) is 2. The normalized spacial score (nSPS) is 10.5. The number of aromatic nitrogens is 1. The van der Waals surface area contributed by atoms with Gasteiger partial charge in [-0.2, -0.15) is 0 Å². The first kappa shape index (κ1) is 23.6. The van der Waals surface area contributed by atoms with Crippen molar-refractivity contribution in [3.05, 3.63) is 58.6 Å². The van der Waals surface area contributed by atoms with Crippen LogP contribution in [0.2, 0.25) is 5.02 Å². The van der Waals surface area contributed by atoms with Crippen LogP contribution in [0.5, 0.6) is 11.5 Å². The summed E-state index contributed by atoms with van der Waals surface area (Å²) in [5.41, 5.74) is 2.07. The van der Waals surface area contributed by atoms with Crippen LogP contribution in [0.4, 0.5) is 5.69 Å². The van der Waals surface area contributed by atoms with Gasteiger partial charge in [-0.05, 0) is 49.4 Å². The number of halogens is 1. The molecule has 1 aromatic heterocycles. The molecule has 0 bridgehead atoms. The van der Waals surface area contributed by atoms with Crippen molar-refractivity contribution in [1.29, 1.82) is 0 Å². The van der Waals surface area contributed by atoms with Gasteiger partial charge in [0.05, 0.1) is 38.1 Å². The van der Waals surface area contributed by atoms with E-state index in [0.29, 0.717) is 28.8 Å². The number of hydrogen-bond donors (Lipinski definition) is 1. The highest BCUT2D eigenvalue weighted by Crippen LogP contribution is 2.28. The Morgan fingerprint density at radius 1 is 1.19 bits per heavy atom. The second-order valence-corrected chi connectivity index (χ2v) is 8.22. The van der Waals surface area contributed by atoms with E-state index in [1.807, 2.05) is 36.6 Å². The summed E-state index contributed by atoms with van der Waals surface area (Å²) in [5, 5.41) is 5.87. The number of anilines is 1. The summed E-state index contributed by atoms with van der Waals surface area (Å²) in [6.07, 6.45) is 0.109. The van der Waals surface area contributed by atoms with Crippen molar-refractivity contribution in [3.63, 3.8) is 0 Å². The van der Waals surface area contributed by atoms with Crippen LogP contribution < -0.4 is 14.8 Å². The Hall–Kier alpha value is -3.10. The van der Waals surface area contributed by atoms with E-state index in [2.05, 4.69) is 10.3 Å². The lowest BCUT2D eigenvalue weighted by molar-refractivity contribution is -0.132. The van der Waals surface area contributed by atoms with Gasteiger partial charge in [0.2, 0.25) is 11.8 Å². The van der Waals surface area contributed by atoms with Gasteiger partial charge in [-0.3, -0.25) is 9.59 Å². The predicted molar refractivity (Wildman–Crippen MR) is 127 cm³/mol. The van der Waals surface area contributed by atoms with Crippen molar-refractivity contribution in [3.8, 4) is 22.1 Å². The lowest BCUT2D eigenvalue weighted by atomic mass is 10.2. The zero-order valence-electron chi connectivity index (χ0n) is 18.1. The van der Waals surface area contributed by atoms with E-state index in [9.17, 15) is 9.59 Å². The number of rotatable bonds is 9. The Labute approximate surface area is 195 Å². The lowest BCUT2D eigenvalue weighted by Gasteiger charge is -2.17. The molecular formula is C23H24ClN3O4S. The highest BCUT2D eigenvalue weighted by atomic mass is 35.5. The van der Waals surface area contributed by atoms with E-state index in [4.69, 9.17) is 21.1 Å². The van der Waals surface area contributed by atoms with E-state index in [1.165, 1.54) is 23.3 Å². The first-order valence-corrected chi connectivity index (χ1v) is 11.2. The molecule has 168 valence electrons. The van der Waals surface area contributed by atoms with Crippen LogP contribution >= 0.6 is 22.9 Å². The standard InChI is InChI=1S/C23H24ClN3O4S/c1-4-31-18-8-5-15(6-9-18)23-25-17(14-32-23)12-22(29)27(2)13-21(28)26-19-11-16(24)7-10-20(19)30-3/h5-11,14H,4,12-13H2,1-3H3,(H,26,28). The molecule has 0 saturated carbocycles. The zero-order chi connectivity index (χ0) is 23.1. The minimum Gasteiger partial charge on any atom is -0.495 e. The first-order valence-electron chi connectivity index (χ1n) is 9.94. The SMILES string of the molecule is CCOc1ccc(-c2nc(CC(=O)N(C)CC(=O)Nc3cc(Cl)ccc3OC)cs2)cc1. The molecule has 9 heteroatoms. The van der Waals surface area contributed by atoms with Crippen molar-refractivity contribution in [2.75, 3.05) is 32.6 Å². The second-order valence-electron chi connectivity index (χ2n) is 6.92. The third kappa shape index (κ3) is 6.21. The molecule has 7 nitrogen and oxygen atoms in total. The molecule has 2 aromatic carbocycles. The van der Waals surface area contributed by atoms with Crippen molar-refractivity contribution in [2.24, 2.45) is 0 Å². The number of methoxy groups -OCH3 is 1. The Bertz CT molecular complexity index is 1090. The molecular weight excluding hydrogens is 450 g/mol. The molecule has 0 fully saturated rings. The molecule has 0 spiro atoms. The summed E-state index contributed by atoms with van der Waals surface area (Å²) in [6, 6.07) is 12.6. The number of nitrogens with zero attached hydrogens (tertiary/aromatic N) is 2. The van der Waals surface area contributed by atoms with Gasteiger partial charge in [0.25, 0.3) is 0 Å². The fraction of sp³-hybridized carbons (Fsp3) is 0.261. The molecule has 1 heterocycles. The summed E-state index contributed by atoms with van der Waals surface area (Å²) >= 11 is 7.46. The number of benzene rings is 2. The molecule has 0 aliphatic carbocycles. The van der Waals surface area contributed by atoms with Crippen LogP contribution in [-0.2, 0) is 16.0 Å². The number of nitrogens with one attached hydrogen (secondary N) is 1. The third-order valence-electron chi connectivity index (χ3n) is 4.54. The predicted octanol–water partition coefficient (Wildman–Crippen LogP) is 4.51. The maximum atomic E-state index is 12.6. The maximum Gasteiger partial charge on any atom is 0.244 e. The van der Waals surface area contributed by atoms with Crippen LogP contribution in [0.1, 0.15) is 12.6 Å². The fourth-order valence-electron chi connectivity index (χ4n) is 2.94. The Kier molecular flexibility index (Phi) is 8.08. The van der Waals surface area contributed by atoms with Crippen LogP contribution in [-0.4, -0.2) is 49.0 Å². The molecule has 0 aliphatic rings. The van der Waals surface area contributed by atoms with Gasteiger partial charge < -0.3 is 19.7 Å². The van der Waals surface area contributed by atoms with Gasteiger partial charge in [0.15, 0.2) is 0 Å². The zero-order valence-corrected chi connectivity index (χ0v) is 19.6. The van der Waals surface area contributed by atoms with Gasteiger partial charge in [0.1, 0.15) is 16.5 Å². The molecule has 0 aliphatic heterocycles. The van der Waals surface area contributed by atoms with Gasteiger partial charge in [0, 0.05) is 23.0 Å². The third-order valence-corrected chi connectivity index (χ3v) is 5.71. The summed E-state index contributed by atoms with van der Waals surface area (Å²) in [5.74, 6) is 0.732. The maximum absolute atomic E-state index is 12.6.